The second-order valence-corrected chi connectivity index (χ2v) is 6.45. The van der Waals surface area contributed by atoms with Crippen molar-refractivity contribution in [3.8, 4) is 10.4 Å². The van der Waals surface area contributed by atoms with E-state index in [4.69, 9.17) is 0 Å². The lowest BCUT2D eigenvalue weighted by Crippen LogP contribution is -2.21. The van der Waals surface area contributed by atoms with Crippen LogP contribution in [0, 0.1) is 5.82 Å². The van der Waals surface area contributed by atoms with E-state index in [9.17, 15) is 4.39 Å². The Labute approximate surface area is 119 Å². The minimum absolute atomic E-state index is 0.205. The highest BCUT2D eigenvalue weighted by atomic mass is 79.9. The molecule has 0 unspecified atom stereocenters. The van der Waals surface area contributed by atoms with Gasteiger partial charge in [0.25, 0.3) is 0 Å². The van der Waals surface area contributed by atoms with Crippen molar-refractivity contribution in [2.75, 3.05) is 0 Å². The first-order valence-electron chi connectivity index (χ1n) is 5.84. The summed E-state index contributed by atoms with van der Waals surface area (Å²) in [5.41, 5.74) is 0.913. The summed E-state index contributed by atoms with van der Waals surface area (Å²) in [5, 5.41) is 3.38. The van der Waals surface area contributed by atoms with Crippen molar-refractivity contribution >= 4 is 27.3 Å². The zero-order valence-corrected chi connectivity index (χ0v) is 12.7. The number of benzene rings is 1. The molecule has 1 aromatic carbocycles. The number of nitrogens with one attached hydrogen (secondary N) is 1. The predicted molar refractivity (Wildman–Crippen MR) is 79.4 cm³/mol. The van der Waals surface area contributed by atoms with E-state index in [0.29, 0.717) is 6.04 Å². The largest absolute Gasteiger partial charge is 0.310 e. The molecular weight excluding hydrogens is 313 g/mol. The van der Waals surface area contributed by atoms with Gasteiger partial charge in [-0.3, -0.25) is 0 Å². The fraction of sp³-hybridized carbons (Fsp3) is 0.286. The normalized spacial score (nSPS) is 11.2. The average Bonchev–Trinajstić information content (AvgIpc) is 2.78. The summed E-state index contributed by atoms with van der Waals surface area (Å²) in [5.74, 6) is -0.205. The standard InChI is InChI=1S/C14H15BrFNS/c1-9(2)17-8-11-4-6-14(18-11)12-7-10(16)3-5-13(12)15/h3-7,9,17H,8H2,1-2H3. The molecule has 1 nitrogen and oxygen atoms in total. The summed E-state index contributed by atoms with van der Waals surface area (Å²) in [7, 11) is 0. The van der Waals surface area contributed by atoms with Crippen LogP contribution in [0.25, 0.3) is 10.4 Å². The molecule has 0 aliphatic carbocycles. The molecule has 96 valence electrons. The molecular formula is C14H15BrFNS. The second kappa shape index (κ2) is 5.95. The zero-order valence-electron chi connectivity index (χ0n) is 10.3. The van der Waals surface area contributed by atoms with E-state index in [1.807, 2.05) is 6.07 Å². The van der Waals surface area contributed by atoms with E-state index < -0.39 is 0 Å². The fourth-order valence-electron chi connectivity index (χ4n) is 1.61. The Hall–Kier alpha value is -0.710. The third kappa shape index (κ3) is 3.40. The molecule has 0 aliphatic heterocycles. The summed E-state index contributed by atoms with van der Waals surface area (Å²) in [4.78, 5) is 2.34. The van der Waals surface area contributed by atoms with Gasteiger partial charge in [-0.1, -0.05) is 29.8 Å². The lowest BCUT2D eigenvalue weighted by molar-refractivity contribution is 0.593. The van der Waals surface area contributed by atoms with E-state index in [2.05, 4.69) is 41.2 Å². The molecule has 4 heteroatoms. The maximum absolute atomic E-state index is 13.3. The van der Waals surface area contributed by atoms with Gasteiger partial charge in [-0.15, -0.1) is 11.3 Å². The summed E-state index contributed by atoms with van der Waals surface area (Å²) in [6, 6.07) is 9.37. The molecule has 0 fully saturated rings. The molecule has 0 aliphatic rings. The molecule has 2 rings (SSSR count). The van der Waals surface area contributed by atoms with Crippen LogP contribution in [0.2, 0.25) is 0 Å². The van der Waals surface area contributed by atoms with Gasteiger partial charge in [-0.2, -0.15) is 0 Å². The number of halogens is 2. The minimum atomic E-state index is -0.205. The Balaban J connectivity index is 2.21. The third-order valence-corrected chi connectivity index (χ3v) is 4.35. The molecule has 18 heavy (non-hydrogen) atoms. The van der Waals surface area contributed by atoms with Gasteiger partial charge in [0.2, 0.25) is 0 Å². The average molecular weight is 328 g/mol. The van der Waals surface area contributed by atoms with Gasteiger partial charge in [0.15, 0.2) is 0 Å². The van der Waals surface area contributed by atoms with E-state index in [-0.39, 0.29) is 5.82 Å². The summed E-state index contributed by atoms with van der Waals surface area (Å²) in [6.07, 6.45) is 0. The Bertz CT molecular complexity index is 536. The number of hydrogen-bond donors (Lipinski definition) is 1. The van der Waals surface area contributed by atoms with Crippen molar-refractivity contribution in [3.63, 3.8) is 0 Å². The van der Waals surface area contributed by atoms with Crippen LogP contribution in [0.15, 0.2) is 34.8 Å². The van der Waals surface area contributed by atoms with Crippen molar-refractivity contribution in [2.45, 2.75) is 26.4 Å². The third-order valence-electron chi connectivity index (χ3n) is 2.54. The van der Waals surface area contributed by atoms with Gasteiger partial charge in [0.1, 0.15) is 5.82 Å². The van der Waals surface area contributed by atoms with Crippen LogP contribution in [0.5, 0.6) is 0 Å². The van der Waals surface area contributed by atoms with Crippen molar-refractivity contribution in [2.24, 2.45) is 0 Å². The minimum Gasteiger partial charge on any atom is -0.310 e. The van der Waals surface area contributed by atoms with Gasteiger partial charge in [0.05, 0.1) is 0 Å². The SMILES string of the molecule is CC(C)NCc1ccc(-c2cc(F)ccc2Br)s1. The van der Waals surface area contributed by atoms with Crippen molar-refractivity contribution in [3.05, 3.63) is 45.5 Å². The molecule has 0 bridgehead atoms. The lowest BCUT2D eigenvalue weighted by atomic mass is 10.2. The van der Waals surface area contributed by atoms with Crippen molar-refractivity contribution < 1.29 is 4.39 Å². The van der Waals surface area contributed by atoms with Crippen LogP contribution < -0.4 is 5.32 Å². The van der Waals surface area contributed by atoms with Crippen LogP contribution in [0.4, 0.5) is 4.39 Å². The predicted octanol–water partition coefficient (Wildman–Crippen LogP) is 4.81. The van der Waals surface area contributed by atoms with Crippen LogP contribution in [-0.2, 0) is 6.54 Å². The molecule has 1 aromatic heterocycles. The molecule has 2 aromatic rings. The smallest absolute Gasteiger partial charge is 0.123 e. The molecule has 0 radical (unpaired) electrons. The van der Waals surface area contributed by atoms with Crippen molar-refractivity contribution in [1.29, 1.82) is 0 Å². The topological polar surface area (TPSA) is 12.0 Å². The molecule has 0 saturated heterocycles. The highest BCUT2D eigenvalue weighted by molar-refractivity contribution is 9.10. The Morgan fingerprint density at radius 1 is 1.28 bits per heavy atom. The number of rotatable bonds is 4. The first-order valence-corrected chi connectivity index (χ1v) is 7.44. The van der Waals surface area contributed by atoms with Crippen LogP contribution in [-0.4, -0.2) is 6.04 Å². The number of thiophene rings is 1. The lowest BCUT2D eigenvalue weighted by Gasteiger charge is -2.05. The molecule has 1 heterocycles. The highest BCUT2D eigenvalue weighted by Crippen LogP contribution is 2.34. The summed E-state index contributed by atoms with van der Waals surface area (Å²) >= 11 is 5.15. The van der Waals surface area contributed by atoms with Gasteiger partial charge < -0.3 is 5.32 Å². The Morgan fingerprint density at radius 2 is 2.06 bits per heavy atom. The monoisotopic (exact) mass is 327 g/mol. The first kappa shape index (κ1) is 13.7. The first-order chi connectivity index (χ1) is 8.56. The van der Waals surface area contributed by atoms with Crippen LogP contribution in [0.3, 0.4) is 0 Å². The summed E-state index contributed by atoms with van der Waals surface area (Å²) in [6.45, 7) is 5.10. The molecule has 0 amide bonds. The van der Waals surface area contributed by atoms with Gasteiger partial charge >= 0.3 is 0 Å². The zero-order chi connectivity index (χ0) is 13.1. The summed E-state index contributed by atoms with van der Waals surface area (Å²) < 4.78 is 14.2. The molecule has 0 saturated carbocycles. The highest BCUT2D eigenvalue weighted by Gasteiger charge is 2.08. The Kier molecular flexibility index (Phi) is 4.54. The van der Waals surface area contributed by atoms with Gasteiger partial charge in [0, 0.05) is 32.4 Å². The van der Waals surface area contributed by atoms with E-state index in [0.717, 1.165) is 21.5 Å². The van der Waals surface area contributed by atoms with Gasteiger partial charge in [-0.25, -0.2) is 4.39 Å². The fourth-order valence-corrected chi connectivity index (χ4v) is 3.19. The molecule has 0 spiro atoms. The Morgan fingerprint density at radius 3 is 2.78 bits per heavy atom. The van der Waals surface area contributed by atoms with E-state index >= 15 is 0 Å². The van der Waals surface area contributed by atoms with Gasteiger partial charge in [-0.05, 0) is 30.3 Å². The van der Waals surface area contributed by atoms with Crippen LogP contribution >= 0.6 is 27.3 Å². The quantitative estimate of drug-likeness (QED) is 0.849. The van der Waals surface area contributed by atoms with Crippen molar-refractivity contribution in [1.82, 2.24) is 5.32 Å². The molecule has 0 atom stereocenters. The second-order valence-electron chi connectivity index (χ2n) is 4.43. The van der Waals surface area contributed by atoms with Crippen LogP contribution in [0.1, 0.15) is 18.7 Å². The van der Waals surface area contributed by atoms with E-state index in [1.54, 1.807) is 23.5 Å². The molecule has 1 N–H and O–H groups in total. The van der Waals surface area contributed by atoms with E-state index in [1.165, 1.54) is 10.9 Å². The maximum Gasteiger partial charge on any atom is 0.123 e. The number of hydrogen-bond acceptors (Lipinski definition) is 2. The maximum atomic E-state index is 13.3.